The predicted molar refractivity (Wildman–Crippen MR) is 77.4 cm³/mol. The van der Waals surface area contributed by atoms with E-state index in [2.05, 4.69) is 10.3 Å². The highest BCUT2D eigenvalue weighted by molar-refractivity contribution is 6.03. The van der Waals surface area contributed by atoms with Crippen LogP contribution in [0.3, 0.4) is 0 Å². The third-order valence-corrected chi connectivity index (χ3v) is 3.88. The molecule has 2 aliphatic rings. The standard InChI is InChI=1S/C14H17N5O2/c1-18-11-10(12(20)17-14(18)21)19(13(15)16-11)8-7-9-5-3-2-4-6-9/h2-6,10-11H,7-8H2,1H3,(H2,15,16)(H,17,20,21). The fourth-order valence-corrected chi connectivity index (χ4v) is 2.69. The molecule has 1 aromatic carbocycles. The second-order valence-corrected chi connectivity index (χ2v) is 5.18. The number of rotatable bonds is 3. The number of guanidine groups is 1. The molecule has 21 heavy (non-hydrogen) atoms. The molecule has 1 aromatic rings. The smallest absolute Gasteiger partial charge is 0.325 e. The molecular formula is C14H17N5O2. The Morgan fingerprint density at radius 1 is 1.29 bits per heavy atom. The van der Waals surface area contributed by atoms with E-state index in [1.807, 2.05) is 30.3 Å². The number of carbonyl (C=O) groups is 2. The highest BCUT2D eigenvalue weighted by Crippen LogP contribution is 2.22. The Labute approximate surface area is 122 Å². The van der Waals surface area contributed by atoms with Gasteiger partial charge in [0.2, 0.25) is 0 Å². The van der Waals surface area contributed by atoms with Gasteiger partial charge in [0.05, 0.1) is 0 Å². The van der Waals surface area contributed by atoms with Crippen molar-refractivity contribution in [2.45, 2.75) is 18.6 Å². The number of amides is 3. The Morgan fingerprint density at radius 2 is 2.00 bits per heavy atom. The maximum atomic E-state index is 12.1. The summed E-state index contributed by atoms with van der Waals surface area (Å²) in [6, 6.07) is 8.97. The molecule has 110 valence electrons. The van der Waals surface area contributed by atoms with E-state index in [4.69, 9.17) is 5.73 Å². The van der Waals surface area contributed by atoms with Crippen molar-refractivity contribution in [2.75, 3.05) is 13.6 Å². The fourth-order valence-electron chi connectivity index (χ4n) is 2.69. The van der Waals surface area contributed by atoms with Gasteiger partial charge in [-0.25, -0.2) is 9.79 Å². The molecule has 0 radical (unpaired) electrons. The van der Waals surface area contributed by atoms with Gasteiger partial charge in [0.25, 0.3) is 5.91 Å². The van der Waals surface area contributed by atoms with Crippen LogP contribution in [-0.4, -0.2) is 53.5 Å². The molecule has 0 bridgehead atoms. The molecule has 2 aliphatic heterocycles. The highest BCUT2D eigenvalue weighted by atomic mass is 16.2. The first-order chi connectivity index (χ1) is 10.1. The number of nitrogens with two attached hydrogens (primary N) is 1. The topological polar surface area (TPSA) is 91.0 Å². The maximum Gasteiger partial charge on any atom is 0.325 e. The van der Waals surface area contributed by atoms with Crippen molar-refractivity contribution in [3.63, 3.8) is 0 Å². The van der Waals surface area contributed by atoms with Gasteiger partial charge < -0.3 is 15.5 Å². The second kappa shape index (κ2) is 5.08. The van der Waals surface area contributed by atoms with Crippen LogP contribution in [0.1, 0.15) is 5.56 Å². The second-order valence-electron chi connectivity index (χ2n) is 5.18. The summed E-state index contributed by atoms with van der Waals surface area (Å²) in [5, 5.41) is 2.33. The molecule has 1 fully saturated rings. The lowest BCUT2D eigenvalue weighted by molar-refractivity contribution is -0.127. The van der Waals surface area contributed by atoms with Gasteiger partial charge >= 0.3 is 6.03 Å². The van der Waals surface area contributed by atoms with Crippen LogP contribution in [0.25, 0.3) is 0 Å². The van der Waals surface area contributed by atoms with Gasteiger partial charge in [0.15, 0.2) is 18.2 Å². The number of fused-ring (bicyclic) bond motifs is 1. The Bertz CT molecular complexity index is 601. The molecule has 7 heteroatoms. The Morgan fingerprint density at radius 3 is 2.71 bits per heavy atom. The summed E-state index contributed by atoms with van der Waals surface area (Å²) in [7, 11) is 1.61. The number of benzene rings is 1. The number of urea groups is 1. The molecule has 2 atom stereocenters. The minimum Gasteiger partial charge on any atom is -0.370 e. The minimum atomic E-state index is -0.545. The lowest BCUT2D eigenvalue weighted by atomic mass is 10.1. The Balaban J connectivity index is 1.75. The maximum absolute atomic E-state index is 12.1. The molecule has 0 aliphatic carbocycles. The first kappa shape index (κ1) is 13.4. The molecule has 2 heterocycles. The van der Waals surface area contributed by atoms with Gasteiger partial charge in [-0.15, -0.1) is 0 Å². The number of aliphatic imine (C=N–C) groups is 1. The average Bonchev–Trinajstić information content (AvgIpc) is 2.81. The molecule has 0 saturated carbocycles. The number of nitrogens with zero attached hydrogens (tertiary/aromatic N) is 3. The zero-order valence-corrected chi connectivity index (χ0v) is 11.7. The van der Waals surface area contributed by atoms with Gasteiger partial charge in [-0.2, -0.15) is 0 Å². The van der Waals surface area contributed by atoms with Crippen LogP contribution >= 0.6 is 0 Å². The van der Waals surface area contributed by atoms with Crippen LogP contribution in [0.15, 0.2) is 35.3 Å². The molecule has 2 unspecified atom stereocenters. The van der Waals surface area contributed by atoms with E-state index in [0.717, 1.165) is 12.0 Å². The van der Waals surface area contributed by atoms with Crippen LogP contribution in [0.4, 0.5) is 4.79 Å². The molecule has 1 saturated heterocycles. The van der Waals surface area contributed by atoms with E-state index >= 15 is 0 Å². The number of hydrogen-bond donors (Lipinski definition) is 2. The van der Waals surface area contributed by atoms with E-state index in [9.17, 15) is 9.59 Å². The van der Waals surface area contributed by atoms with Crippen molar-refractivity contribution in [1.82, 2.24) is 15.1 Å². The van der Waals surface area contributed by atoms with E-state index in [1.165, 1.54) is 4.90 Å². The van der Waals surface area contributed by atoms with Crippen LogP contribution in [0, 0.1) is 0 Å². The van der Waals surface area contributed by atoms with Crippen molar-refractivity contribution in [3.05, 3.63) is 35.9 Å². The number of imide groups is 1. The van der Waals surface area contributed by atoms with E-state index in [0.29, 0.717) is 12.5 Å². The summed E-state index contributed by atoms with van der Waals surface area (Å²) in [6.07, 6.45) is 0.215. The normalized spacial score (nSPS) is 24.7. The van der Waals surface area contributed by atoms with Crippen LogP contribution in [-0.2, 0) is 11.2 Å². The zero-order valence-electron chi connectivity index (χ0n) is 11.7. The molecule has 0 spiro atoms. The lowest BCUT2D eigenvalue weighted by Crippen LogP contribution is -2.64. The van der Waals surface area contributed by atoms with Crippen molar-refractivity contribution in [1.29, 1.82) is 0 Å². The summed E-state index contributed by atoms with van der Waals surface area (Å²) in [5.41, 5.74) is 7.09. The van der Waals surface area contributed by atoms with Gasteiger partial charge in [-0.05, 0) is 12.0 Å². The number of hydrogen-bond acceptors (Lipinski definition) is 5. The van der Waals surface area contributed by atoms with Gasteiger partial charge in [0, 0.05) is 13.6 Å². The summed E-state index contributed by atoms with van der Waals surface area (Å²) in [6.45, 7) is 0.579. The number of nitrogens with one attached hydrogen (secondary N) is 1. The third kappa shape index (κ3) is 2.31. The van der Waals surface area contributed by atoms with Crippen molar-refractivity contribution >= 4 is 17.9 Å². The average molecular weight is 287 g/mol. The summed E-state index contributed by atoms with van der Waals surface area (Å²) in [4.78, 5) is 31.1. The molecule has 7 nitrogen and oxygen atoms in total. The minimum absolute atomic E-state index is 0.303. The zero-order chi connectivity index (χ0) is 15.0. The molecule has 3 rings (SSSR count). The predicted octanol–water partition coefficient (Wildman–Crippen LogP) is -0.264. The summed E-state index contributed by atoms with van der Waals surface area (Å²) in [5.74, 6) is -0.0435. The summed E-state index contributed by atoms with van der Waals surface area (Å²) < 4.78 is 0. The van der Waals surface area contributed by atoms with Crippen LogP contribution in [0.5, 0.6) is 0 Å². The SMILES string of the molecule is CN1C(=O)NC(=O)C2C1N=C(N)N2CCc1ccccc1. The van der Waals surface area contributed by atoms with E-state index in [1.54, 1.807) is 11.9 Å². The third-order valence-electron chi connectivity index (χ3n) is 3.88. The highest BCUT2D eigenvalue weighted by Gasteiger charge is 2.47. The van der Waals surface area contributed by atoms with E-state index in [-0.39, 0.29) is 5.91 Å². The summed E-state index contributed by atoms with van der Waals surface area (Å²) >= 11 is 0. The van der Waals surface area contributed by atoms with Gasteiger partial charge in [-0.1, -0.05) is 30.3 Å². The van der Waals surface area contributed by atoms with Crippen molar-refractivity contribution in [2.24, 2.45) is 10.7 Å². The largest absolute Gasteiger partial charge is 0.370 e. The quantitative estimate of drug-likeness (QED) is 0.801. The lowest BCUT2D eigenvalue weighted by Gasteiger charge is -2.35. The molecule has 0 aromatic heterocycles. The van der Waals surface area contributed by atoms with Crippen LogP contribution < -0.4 is 11.1 Å². The van der Waals surface area contributed by atoms with Crippen LogP contribution in [0.2, 0.25) is 0 Å². The van der Waals surface area contributed by atoms with Crippen molar-refractivity contribution in [3.8, 4) is 0 Å². The molecule has 3 N–H and O–H groups in total. The number of likely N-dealkylation sites (N-methyl/N-ethyl adjacent to an activating group) is 1. The fraction of sp³-hybridized carbons (Fsp3) is 0.357. The Kier molecular flexibility index (Phi) is 3.25. The Hall–Kier alpha value is -2.57. The monoisotopic (exact) mass is 287 g/mol. The van der Waals surface area contributed by atoms with E-state index < -0.39 is 18.2 Å². The van der Waals surface area contributed by atoms with Gasteiger partial charge in [-0.3, -0.25) is 10.1 Å². The van der Waals surface area contributed by atoms with Gasteiger partial charge in [0.1, 0.15) is 0 Å². The first-order valence-electron chi connectivity index (χ1n) is 6.79. The number of carbonyl (C=O) groups excluding carboxylic acids is 2. The van der Waals surface area contributed by atoms with Crippen molar-refractivity contribution < 1.29 is 9.59 Å². The first-order valence-corrected chi connectivity index (χ1v) is 6.79. The molecular weight excluding hydrogens is 270 g/mol. The molecule has 3 amide bonds.